The van der Waals surface area contributed by atoms with Crippen molar-refractivity contribution in [2.75, 3.05) is 26.0 Å². The third-order valence-electron chi connectivity index (χ3n) is 4.45. The minimum absolute atomic E-state index is 0.149. The monoisotopic (exact) mass is 324 g/mol. The molecule has 1 saturated heterocycles. The van der Waals surface area contributed by atoms with E-state index in [1.807, 2.05) is 13.0 Å². The molecule has 2 aliphatic rings. The minimum Gasteiger partial charge on any atom is -0.492 e. The summed E-state index contributed by atoms with van der Waals surface area (Å²) in [6.45, 7) is 5.91. The molecule has 2 aliphatic heterocycles. The van der Waals surface area contributed by atoms with Gasteiger partial charge in [0.2, 0.25) is 10.0 Å². The summed E-state index contributed by atoms with van der Waals surface area (Å²) in [6.07, 6.45) is 3.81. The van der Waals surface area contributed by atoms with Crippen LogP contribution in [0.15, 0.2) is 18.2 Å². The third kappa shape index (κ3) is 3.45. The predicted octanol–water partition coefficient (Wildman–Crippen LogP) is 1.82. The van der Waals surface area contributed by atoms with Crippen LogP contribution < -0.4 is 4.74 Å². The minimum atomic E-state index is -3.23. The molecule has 1 fully saturated rings. The second-order valence-corrected chi connectivity index (χ2v) is 8.33. The van der Waals surface area contributed by atoms with Crippen LogP contribution in [0, 0.1) is 0 Å². The highest BCUT2D eigenvalue weighted by Crippen LogP contribution is 2.28. The van der Waals surface area contributed by atoms with Crippen LogP contribution in [0.3, 0.4) is 0 Å². The van der Waals surface area contributed by atoms with Crippen molar-refractivity contribution in [2.45, 2.75) is 38.9 Å². The first kappa shape index (κ1) is 15.8. The van der Waals surface area contributed by atoms with Crippen molar-refractivity contribution in [2.24, 2.45) is 0 Å². The molecule has 0 spiro atoms. The van der Waals surface area contributed by atoms with Crippen molar-refractivity contribution < 1.29 is 13.2 Å². The number of rotatable bonds is 3. The van der Waals surface area contributed by atoms with Gasteiger partial charge in [-0.3, -0.25) is 4.90 Å². The van der Waals surface area contributed by atoms with Crippen LogP contribution in [0.1, 0.15) is 30.9 Å². The number of sulfonamides is 1. The normalized spacial score (nSPS) is 23.8. The van der Waals surface area contributed by atoms with E-state index in [1.165, 1.54) is 29.0 Å². The van der Waals surface area contributed by atoms with Crippen molar-refractivity contribution in [3.63, 3.8) is 0 Å². The lowest BCUT2D eigenvalue weighted by Gasteiger charge is -2.23. The van der Waals surface area contributed by atoms with Crippen molar-refractivity contribution in [1.82, 2.24) is 9.21 Å². The van der Waals surface area contributed by atoms with Gasteiger partial charge in [0.05, 0.1) is 12.3 Å². The summed E-state index contributed by atoms with van der Waals surface area (Å²) in [5, 5.41) is 0. The Hall–Kier alpha value is -1.11. The van der Waals surface area contributed by atoms with Gasteiger partial charge < -0.3 is 4.74 Å². The topological polar surface area (TPSA) is 49.9 Å². The fraction of sp³-hybridized carbons (Fsp3) is 0.625. The van der Waals surface area contributed by atoms with Crippen LogP contribution in [0.25, 0.3) is 0 Å². The molecule has 2 heterocycles. The maximum atomic E-state index is 12.0. The summed E-state index contributed by atoms with van der Waals surface area (Å²) in [4.78, 5) is 2.44. The number of hydrogen-bond donors (Lipinski definition) is 0. The highest BCUT2D eigenvalue weighted by Gasteiger charge is 2.28. The first-order chi connectivity index (χ1) is 10.4. The van der Waals surface area contributed by atoms with Gasteiger partial charge in [-0.25, -0.2) is 8.42 Å². The van der Waals surface area contributed by atoms with Crippen LogP contribution in [0.2, 0.25) is 0 Å². The molecule has 22 heavy (non-hydrogen) atoms. The van der Waals surface area contributed by atoms with Gasteiger partial charge in [0, 0.05) is 18.7 Å². The molecular weight excluding hydrogens is 300 g/mol. The van der Waals surface area contributed by atoms with Gasteiger partial charge in [-0.1, -0.05) is 6.07 Å². The molecule has 0 bridgehead atoms. The van der Waals surface area contributed by atoms with Crippen molar-refractivity contribution in [1.29, 1.82) is 0 Å². The number of benzene rings is 1. The Labute approximate surface area is 132 Å². The van der Waals surface area contributed by atoms with E-state index in [1.54, 1.807) is 0 Å². The quantitative estimate of drug-likeness (QED) is 0.851. The highest BCUT2D eigenvalue weighted by atomic mass is 32.2. The Morgan fingerprint density at radius 1 is 1.27 bits per heavy atom. The van der Waals surface area contributed by atoms with Crippen LogP contribution >= 0.6 is 0 Å². The molecule has 3 rings (SSSR count). The smallest absolute Gasteiger partial charge is 0.211 e. The van der Waals surface area contributed by atoms with Crippen molar-refractivity contribution in [3.8, 4) is 5.75 Å². The molecular formula is C16H24N2O3S. The molecule has 0 saturated carbocycles. The summed E-state index contributed by atoms with van der Waals surface area (Å²) < 4.78 is 31.3. The van der Waals surface area contributed by atoms with Gasteiger partial charge in [-0.05, 0) is 50.6 Å². The van der Waals surface area contributed by atoms with E-state index in [-0.39, 0.29) is 6.04 Å². The molecule has 5 nitrogen and oxygen atoms in total. The van der Waals surface area contributed by atoms with Gasteiger partial charge in [0.1, 0.15) is 12.4 Å². The fourth-order valence-electron chi connectivity index (χ4n) is 3.26. The van der Waals surface area contributed by atoms with E-state index in [2.05, 4.69) is 17.0 Å². The van der Waals surface area contributed by atoms with E-state index in [0.29, 0.717) is 13.2 Å². The van der Waals surface area contributed by atoms with Crippen LogP contribution in [-0.4, -0.2) is 49.6 Å². The Balaban J connectivity index is 1.84. The lowest BCUT2D eigenvalue weighted by molar-refractivity contribution is 0.234. The van der Waals surface area contributed by atoms with E-state index < -0.39 is 10.0 Å². The average molecular weight is 324 g/mol. The zero-order valence-electron chi connectivity index (χ0n) is 13.3. The van der Waals surface area contributed by atoms with Crippen LogP contribution in [-0.2, 0) is 23.1 Å². The molecule has 1 atom stereocenters. The maximum absolute atomic E-state index is 12.0. The number of nitrogens with zero attached hydrogens (tertiary/aromatic N) is 2. The maximum Gasteiger partial charge on any atom is 0.211 e. The molecule has 122 valence electrons. The lowest BCUT2D eigenvalue weighted by Crippen LogP contribution is -2.39. The van der Waals surface area contributed by atoms with Crippen LogP contribution in [0.5, 0.6) is 5.75 Å². The molecule has 0 radical (unpaired) electrons. The highest BCUT2D eigenvalue weighted by molar-refractivity contribution is 7.88. The summed E-state index contributed by atoms with van der Waals surface area (Å²) >= 11 is 0. The molecule has 0 N–H and O–H groups in total. The summed E-state index contributed by atoms with van der Waals surface area (Å²) in [5.41, 5.74) is 2.19. The standard InChI is InChI=1S/C16H24N2O3S/c1-13-12-21-16-6-5-14(10-17-7-3-4-8-17)9-15(16)11-18(13)22(2,19)20/h5-6,9,13H,3-4,7-8,10-12H2,1-2H3/t13-/m0/s1. The molecule has 0 amide bonds. The number of hydrogen-bond acceptors (Lipinski definition) is 4. The molecule has 1 aromatic carbocycles. The predicted molar refractivity (Wildman–Crippen MR) is 86.3 cm³/mol. The van der Waals surface area contributed by atoms with Gasteiger partial charge in [0.15, 0.2) is 0 Å². The second-order valence-electron chi connectivity index (χ2n) is 6.39. The molecule has 0 unspecified atom stereocenters. The Morgan fingerprint density at radius 2 is 2.00 bits per heavy atom. The number of ether oxygens (including phenoxy) is 1. The first-order valence-electron chi connectivity index (χ1n) is 7.87. The molecule has 0 aliphatic carbocycles. The zero-order valence-corrected chi connectivity index (χ0v) is 14.1. The average Bonchev–Trinajstić information content (AvgIpc) is 2.88. The van der Waals surface area contributed by atoms with Gasteiger partial charge in [-0.2, -0.15) is 4.31 Å². The Bertz CT molecular complexity index is 639. The molecule has 0 aromatic heterocycles. The summed E-state index contributed by atoms with van der Waals surface area (Å²) in [6, 6.07) is 6.03. The van der Waals surface area contributed by atoms with Gasteiger partial charge >= 0.3 is 0 Å². The van der Waals surface area contributed by atoms with E-state index in [4.69, 9.17) is 4.74 Å². The zero-order chi connectivity index (χ0) is 15.7. The van der Waals surface area contributed by atoms with Gasteiger partial charge in [-0.15, -0.1) is 0 Å². The van der Waals surface area contributed by atoms with E-state index in [0.717, 1.165) is 30.9 Å². The summed E-state index contributed by atoms with van der Waals surface area (Å²) in [5.74, 6) is 0.808. The largest absolute Gasteiger partial charge is 0.492 e. The van der Waals surface area contributed by atoms with Crippen molar-refractivity contribution >= 4 is 10.0 Å². The SMILES string of the molecule is C[C@H]1COc2ccc(CN3CCCC3)cc2CN1S(C)(=O)=O. The molecule has 1 aromatic rings. The van der Waals surface area contributed by atoms with Gasteiger partial charge in [0.25, 0.3) is 0 Å². The lowest BCUT2D eigenvalue weighted by atomic mass is 10.1. The van der Waals surface area contributed by atoms with E-state index >= 15 is 0 Å². The fourth-order valence-corrected chi connectivity index (χ4v) is 4.34. The third-order valence-corrected chi connectivity index (χ3v) is 5.79. The number of likely N-dealkylation sites (tertiary alicyclic amines) is 1. The van der Waals surface area contributed by atoms with E-state index in [9.17, 15) is 8.42 Å². The van der Waals surface area contributed by atoms with Crippen molar-refractivity contribution in [3.05, 3.63) is 29.3 Å². The summed E-state index contributed by atoms with van der Waals surface area (Å²) in [7, 11) is -3.23. The first-order valence-corrected chi connectivity index (χ1v) is 9.72. The Morgan fingerprint density at radius 3 is 2.68 bits per heavy atom. The van der Waals surface area contributed by atoms with Crippen LogP contribution in [0.4, 0.5) is 0 Å². The molecule has 6 heteroatoms. The second kappa shape index (κ2) is 6.18. The number of fused-ring (bicyclic) bond motifs is 1. The Kier molecular flexibility index (Phi) is 4.43.